The number of hydrogen-bond donors (Lipinski definition) is 2. The molecule has 1 aromatic heterocycles. The average Bonchev–Trinajstić information content (AvgIpc) is 3.17. The van der Waals surface area contributed by atoms with E-state index < -0.39 is 0 Å². The van der Waals surface area contributed by atoms with Crippen LogP contribution in [0.3, 0.4) is 0 Å². The summed E-state index contributed by atoms with van der Waals surface area (Å²) < 4.78 is 12.0. The molecule has 1 aliphatic heterocycles. The second-order valence-electron chi connectivity index (χ2n) is 7.07. The minimum absolute atomic E-state index is 0.0608. The third-order valence-corrected chi connectivity index (χ3v) is 4.78. The van der Waals surface area contributed by atoms with Gasteiger partial charge in [-0.2, -0.15) is 0 Å². The van der Waals surface area contributed by atoms with Crippen LogP contribution >= 0.6 is 11.8 Å². The predicted molar refractivity (Wildman–Crippen MR) is 101 cm³/mol. The SMILES string of the molecule is CC(=O)c1cc2c(cc1NC(=O)CSc1nnc(C(C)(C)C)n1N)OCO2. The van der Waals surface area contributed by atoms with E-state index >= 15 is 0 Å². The van der Waals surface area contributed by atoms with Crippen LogP contribution in [0.2, 0.25) is 0 Å². The Bertz CT molecular complexity index is 903. The summed E-state index contributed by atoms with van der Waals surface area (Å²) in [5, 5.41) is 11.3. The number of fused-ring (bicyclic) bond motifs is 1. The highest BCUT2D eigenvalue weighted by atomic mass is 32.2. The van der Waals surface area contributed by atoms with Crippen LogP contribution < -0.4 is 20.6 Å². The van der Waals surface area contributed by atoms with Gasteiger partial charge in [-0.1, -0.05) is 32.5 Å². The molecule has 0 radical (unpaired) electrons. The van der Waals surface area contributed by atoms with Crippen molar-refractivity contribution < 1.29 is 19.1 Å². The maximum Gasteiger partial charge on any atom is 0.234 e. The maximum atomic E-state index is 12.4. The lowest BCUT2D eigenvalue weighted by Crippen LogP contribution is -2.24. The summed E-state index contributed by atoms with van der Waals surface area (Å²) in [6, 6.07) is 3.16. The van der Waals surface area contributed by atoms with Gasteiger partial charge in [0, 0.05) is 17.0 Å². The van der Waals surface area contributed by atoms with Crippen LogP contribution in [0.4, 0.5) is 5.69 Å². The number of nitrogens with zero attached hydrogens (tertiary/aromatic N) is 3. The van der Waals surface area contributed by atoms with Gasteiger partial charge in [-0.15, -0.1) is 10.2 Å². The van der Waals surface area contributed by atoms with Crippen LogP contribution in [0.25, 0.3) is 0 Å². The quantitative estimate of drug-likeness (QED) is 0.451. The molecular weight excluding hydrogens is 370 g/mol. The number of hydrogen-bond acceptors (Lipinski definition) is 8. The predicted octanol–water partition coefficient (Wildman–Crippen LogP) is 1.95. The van der Waals surface area contributed by atoms with E-state index in [2.05, 4.69) is 15.5 Å². The lowest BCUT2D eigenvalue weighted by atomic mass is 9.96. The molecule has 144 valence electrons. The molecule has 0 saturated heterocycles. The van der Waals surface area contributed by atoms with E-state index in [4.69, 9.17) is 15.3 Å². The van der Waals surface area contributed by atoms with Gasteiger partial charge in [-0.05, 0) is 13.0 Å². The number of carbonyl (C=O) groups is 2. The number of nitrogens with two attached hydrogens (primary N) is 1. The largest absolute Gasteiger partial charge is 0.454 e. The smallest absolute Gasteiger partial charge is 0.234 e. The molecule has 0 spiro atoms. The zero-order valence-electron chi connectivity index (χ0n) is 15.5. The second-order valence-corrected chi connectivity index (χ2v) is 8.01. The van der Waals surface area contributed by atoms with Gasteiger partial charge in [0.1, 0.15) is 0 Å². The van der Waals surface area contributed by atoms with Crippen molar-refractivity contribution >= 4 is 29.1 Å². The number of carbonyl (C=O) groups excluding carboxylic acids is 2. The minimum Gasteiger partial charge on any atom is -0.454 e. The number of thioether (sulfide) groups is 1. The molecule has 0 aliphatic carbocycles. The Hall–Kier alpha value is -2.75. The summed E-state index contributed by atoms with van der Waals surface area (Å²) >= 11 is 1.16. The molecular formula is C17H21N5O4S. The van der Waals surface area contributed by atoms with E-state index in [1.807, 2.05) is 20.8 Å². The standard InChI is InChI=1S/C17H21N5O4S/c1-9(23)10-5-12-13(26-8-25-12)6-11(10)19-14(24)7-27-16-21-20-15(22(16)18)17(2,3)4/h5-6H,7-8,18H2,1-4H3,(H,19,24). The lowest BCUT2D eigenvalue weighted by molar-refractivity contribution is -0.113. The van der Waals surface area contributed by atoms with Crippen molar-refractivity contribution in [3.63, 3.8) is 0 Å². The number of ether oxygens (including phenoxy) is 2. The van der Waals surface area contributed by atoms with E-state index in [1.54, 1.807) is 12.1 Å². The van der Waals surface area contributed by atoms with E-state index in [0.29, 0.717) is 33.7 Å². The molecule has 0 atom stereocenters. The number of anilines is 1. The van der Waals surface area contributed by atoms with Crippen LogP contribution in [-0.4, -0.2) is 39.1 Å². The molecule has 27 heavy (non-hydrogen) atoms. The molecule has 10 heteroatoms. The fourth-order valence-corrected chi connectivity index (χ4v) is 3.20. The fourth-order valence-electron chi connectivity index (χ4n) is 2.54. The van der Waals surface area contributed by atoms with Crippen molar-refractivity contribution in [3.05, 3.63) is 23.5 Å². The van der Waals surface area contributed by atoms with Crippen molar-refractivity contribution in [2.45, 2.75) is 38.3 Å². The van der Waals surface area contributed by atoms with Crippen LogP contribution in [0, 0.1) is 0 Å². The third-order valence-electron chi connectivity index (χ3n) is 3.83. The Labute approximate surface area is 160 Å². The number of benzene rings is 1. The van der Waals surface area contributed by atoms with E-state index in [1.165, 1.54) is 11.6 Å². The van der Waals surface area contributed by atoms with Crippen LogP contribution in [0.5, 0.6) is 11.5 Å². The first-order valence-corrected chi connectivity index (χ1v) is 9.23. The topological polar surface area (TPSA) is 121 Å². The summed E-state index contributed by atoms with van der Waals surface area (Å²) in [5.41, 5.74) is 0.475. The first-order chi connectivity index (χ1) is 12.7. The average molecular weight is 391 g/mol. The minimum atomic E-state index is -0.304. The second kappa shape index (κ2) is 7.10. The number of ketones is 1. The number of nitrogens with one attached hydrogen (secondary N) is 1. The van der Waals surface area contributed by atoms with Gasteiger partial charge >= 0.3 is 0 Å². The van der Waals surface area contributed by atoms with E-state index in [-0.39, 0.29) is 29.7 Å². The number of Topliss-reactive ketones (excluding diaryl/α,β-unsaturated/α-hetero) is 1. The summed E-state index contributed by atoms with van der Waals surface area (Å²) in [7, 11) is 0. The molecule has 1 aliphatic rings. The van der Waals surface area contributed by atoms with Crippen molar-refractivity contribution in [3.8, 4) is 11.5 Å². The highest BCUT2D eigenvalue weighted by Gasteiger charge is 2.24. The van der Waals surface area contributed by atoms with Gasteiger partial charge in [0.2, 0.25) is 17.9 Å². The summed E-state index contributed by atoms with van der Waals surface area (Å²) in [6.45, 7) is 7.44. The maximum absolute atomic E-state index is 12.4. The number of amides is 1. The van der Waals surface area contributed by atoms with Gasteiger partial charge in [-0.25, -0.2) is 4.68 Å². The van der Waals surface area contributed by atoms with Gasteiger partial charge in [0.15, 0.2) is 23.1 Å². The van der Waals surface area contributed by atoms with E-state index in [0.717, 1.165) is 11.8 Å². The normalized spacial score (nSPS) is 12.9. The van der Waals surface area contributed by atoms with Crippen molar-refractivity contribution in [2.24, 2.45) is 0 Å². The Morgan fingerprint density at radius 3 is 2.52 bits per heavy atom. The molecule has 9 nitrogen and oxygen atoms in total. The van der Waals surface area contributed by atoms with Crippen molar-refractivity contribution in [2.75, 3.05) is 23.7 Å². The van der Waals surface area contributed by atoms with Crippen LogP contribution in [-0.2, 0) is 10.2 Å². The zero-order chi connectivity index (χ0) is 19.8. The molecule has 3 N–H and O–H groups in total. The monoisotopic (exact) mass is 391 g/mol. The van der Waals surface area contributed by atoms with Gasteiger partial charge in [0.05, 0.1) is 11.4 Å². The zero-order valence-corrected chi connectivity index (χ0v) is 16.3. The van der Waals surface area contributed by atoms with E-state index in [9.17, 15) is 9.59 Å². The molecule has 0 unspecified atom stereocenters. The Balaban J connectivity index is 1.70. The Morgan fingerprint density at radius 1 is 1.26 bits per heavy atom. The molecule has 1 aromatic carbocycles. The van der Waals surface area contributed by atoms with Crippen molar-refractivity contribution in [1.29, 1.82) is 0 Å². The van der Waals surface area contributed by atoms with Gasteiger partial charge in [0.25, 0.3) is 0 Å². The third kappa shape index (κ3) is 4.00. The molecule has 3 rings (SSSR count). The summed E-state index contributed by atoms with van der Waals surface area (Å²) in [4.78, 5) is 24.2. The number of aromatic nitrogens is 3. The van der Waals surface area contributed by atoms with Crippen molar-refractivity contribution in [1.82, 2.24) is 14.9 Å². The molecule has 1 amide bonds. The van der Waals surface area contributed by atoms with Gasteiger partial charge in [-0.3, -0.25) is 9.59 Å². The fraction of sp³-hybridized carbons (Fsp3) is 0.412. The molecule has 0 fully saturated rings. The number of nitrogen functional groups attached to an aromatic ring is 1. The summed E-state index contributed by atoms with van der Waals surface area (Å²) in [6.07, 6.45) is 0. The Morgan fingerprint density at radius 2 is 1.93 bits per heavy atom. The molecule has 0 bridgehead atoms. The van der Waals surface area contributed by atoms with Crippen LogP contribution in [0.1, 0.15) is 43.9 Å². The van der Waals surface area contributed by atoms with Gasteiger partial charge < -0.3 is 20.6 Å². The first kappa shape index (κ1) is 19.0. The molecule has 2 heterocycles. The highest BCUT2D eigenvalue weighted by Crippen LogP contribution is 2.37. The summed E-state index contributed by atoms with van der Waals surface area (Å²) in [5.74, 6) is 7.18. The first-order valence-electron chi connectivity index (χ1n) is 8.25. The van der Waals surface area contributed by atoms with Crippen LogP contribution in [0.15, 0.2) is 17.3 Å². The Kier molecular flexibility index (Phi) is 5.01. The molecule has 2 aromatic rings. The number of rotatable bonds is 5. The molecule has 0 saturated carbocycles. The lowest BCUT2D eigenvalue weighted by Gasteiger charge is -2.16. The highest BCUT2D eigenvalue weighted by molar-refractivity contribution is 7.99.